The van der Waals surface area contributed by atoms with Crippen LogP contribution in [0.2, 0.25) is 0 Å². The van der Waals surface area contributed by atoms with Gasteiger partial charge in [0.2, 0.25) is 0 Å². The zero-order chi connectivity index (χ0) is 16.5. The Kier molecular flexibility index (Phi) is 7.32. The van der Waals surface area contributed by atoms with E-state index in [4.69, 9.17) is 14.2 Å². The topological polar surface area (TPSA) is 68.2 Å². The number of para-hydroxylation sites is 1. The average Bonchev–Trinajstić information content (AvgIpc) is 2.60. The molecule has 0 spiro atoms. The van der Waals surface area contributed by atoms with Crippen LogP contribution in [0, 0.1) is 0 Å². The first-order valence-electron chi connectivity index (χ1n) is 8.07. The van der Waals surface area contributed by atoms with Crippen LogP contribution >= 0.6 is 0 Å². The standard InChI is InChI=1S/C17H25NO5/c1-2-9-22-12-14(19)13-23-16-6-4-3-5-15(16)17(20)18-7-10-21-11-8-18/h3-6,14,19H,2,7-13H2,1H3/t14-/m1/s1. The molecule has 1 fully saturated rings. The summed E-state index contributed by atoms with van der Waals surface area (Å²) in [4.78, 5) is 14.3. The van der Waals surface area contributed by atoms with Gasteiger partial charge in [-0.1, -0.05) is 19.1 Å². The van der Waals surface area contributed by atoms with Crippen LogP contribution in [0.15, 0.2) is 24.3 Å². The van der Waals surface area contributed by atoms with E-state index in [1.54, 1.807) is 23.1 Å². The highest BCUT2D eigenvalue weighted by Gasteiger charge is 2.21. The molecule has 23 heavy (non-hydrogen) atoms. The number of carbonyl (C=O) groups excluding carboxylic acids is 1. The summed E-state index contributed by atoms with van der Waals surface area (Å²) in [5.74, 6) is 0.416. The Hall–Kier alpha value is -1.63. The molecule has 1 aliphatic heterocycles. The van der Waals surface area contributed by atoms with Crippen molar-refractivity contribution in [1.29, 1.82) is 0 Å². The monoisotopic (exact) mass is 323 g/mol. The van der Waals surface area contributed by atoms with Gasteiger partial charge in [-0.15, -0.1) is 0 Å². The van der Waals surface area contributed by atoms with Crippen molar-refractivity contribution in [3.05, 3.63) is 29.8 Å². The van der Waals surface area contributed by atoms with Gasteiger partial charge in [0.05, 0.1) is 25.4 Å². The van der Waals surface area contributed by atoms with Gasteiger partial charge in [0.1, 0.15) is 18.5 Å². The molecule has 128 valence electrons. The minimum Gasteiger partial charge on any atom is -0.490 e. The molecule has 6 nitrogen and oxygen atoms in total. The average molecular weight is 323 g/mol. The van der Waals surface area contributed by atoms with E-state index >= 15 is 0 Å². The molecule has 1 saturated heterocycles. The van der Waals surface area contributed by atoms with Gasteiger partial charge >= 0.3 is 0 Å². The maximum Gasteiger partial charge on any atom is 0.257 e. The Morgan fingerprint density at radius 2 is 2.04 bits per heavy atom. The maximum atomic E-state index is 12.6. The Balaban J connectivity index is 1.93. The first kappa shape index (κ1) is 17.7. The third-order valence-corrected chi connectivity index (χ3v) is 3.51. The van der Waals surface area contributed by atoms with E-state index in [0.717, 1.165) is 6.42 Å². The minimum absolute atomic E-state index is 0.0689. The second kappa shape index (κ2) is 9.50. The lowest BCUT2D eigenvalue weighted by Gasteiger charge is -2.27. The lowest BCUT2D eigenvalue weighted by atomic mass is 10.1. The Labute approximate surface area is 136 Å². The fourth-order valence-electron chi connectivity index (χ4n) is 2.30. The van der Waals surface area contributed by atoms with E-state index in [1.165, 1.54) is 0 Å². The molecule has 0 bridgehead atoms. The fourth-order valence-corrected chi connectivity index (χ4v) is 2.30. The van der Waals surface area contributed by atoms with Crippen LogP contribution in [0.1, 0.15) is 23.7 Å². The first-order chi connectivity index (χ1) is 11.2. The van der Waals surface area contributed by atoms with E-state index in [9.17, 15) is 9.90 Å². The molecule has 1 atom stereocenters. The third-order valence-electron chi connectivity index (χ3n) is 3.51. The van der Waals surface area contributed by atoms with Gasteiger partial charge in [-0.05, 0) is 18.6 Å². The summed E-state index contributed by atoms with van der Waals surface area (Å²) < 4.78 is 16.2. The summed E-state index contributed by atoms with van der Waals surface area (Å²) in [6, 6.07) is 7.10. The largest absolute Gasteiger partial charge is 0.490 e. The molecule has 1 aromatic rings. The molecular formula is C17H25NO5. The van der Waals surface area contributed by atoms with Crippen molar-refractivity contribution in [3.63, 3.8) is 0 Å². The molecule has 0 aromatic heterocycles. The van der Waals surface area contributed by atoms with Crippen molar-refractivity contribution in [2.24, 2.45) is 0 Å². The lowest BCUT2D eigenvalue weighted by Crippen LogP contribution is -2.40. The van der Waals surface area contributed by atoms with E-state index in [0.29, 0.717) is 44.2 Å². The highest BCUT2D eigenvalue weighted by atomic mass is 16.5. The molecule has 0 radical (unpaired) electrons. The second-order valence-electron chi connectivity index (χ2n) is 5.44. The number of rotatable bonds is 8. The van der Waals surface area contributed by atoms with Crippen LogP contribution in [0.3, 0.4) is 0 Å². The number of carbonyl (C=O) groups is 1. The number of hydrogen-bond acceptors (Lipinski definition) is 5. The zero-order valence-electron chi connectivity index (χ0n) is 13.6. The number of hydrogen-bond donors (Lipinski definition) is 1. The lowest BCUT2D eigenvalue weighted by molar-refractivity contribution is 0.0117. The van der Waals surface area contributed by atoms with E-state index in [1.807, 2.05) is 13.0 Å². The fraction of sp³-hybridized carbons (Fsp3) is 0.588. The Bertz CT molecular complexity index is 488. The number of aliphatic hydroxyl groups excluding tert-OH is 1. The predicted molar refractivity (Wildman–Crippen MR) is 85.8 cm³/mol. The van der Waals surface area contributed by atoms with Gasteiger partial charge in [0, 0.05) is 19.7 Å². The van der Waals surface area contributed by atoms with E-state index < -0.39 is 6.10 Å². The summed E-state index contributed by atoms with van der Waals surface area (Å²) >= 11 is 0. The number of benzene rings is 1. The summed E-state index contributed by atoms with van der Waals surface area (Å²) in [5.41, 5.74) is 0.510. The summed E-state index contributed by atoms with van der Waals surface area (Å²) in [6.07, 6.45) is 0.192. The Morgan fingerprint density at radius 1 is 1.30 bits per heavy atom. The molecule has 1 amide bonds. The van der Waals surface area contributed by atoms with Gasteiger partial charge in [-0.3, -0.25) is 4.79 Å². The molecule has 0 aliphatic carbocycles. The van der Waals surface area contributed by atoms with Crippen molar-refractivity contribution in [2.75, 3.05) is 46.1 Å². The van der Waals surface area contributed by atoms with Gasteiger partial charge in [0.15, 0.2) is 0 Å². The number of nitrogens with zero attached hydrogens (tertiary/aromatic N) is 1. The molecule has 1 aliphatic rings. The third kappa shape index (κ3) is 5.49. The zero-order valence-corrected chi connectivity index (χ0v) is 13.6. The molecular weight excluding hydrogens is 298 g/mol. The van der Waals surface area contributed by atoms with Crippen molar-refractivity contribution in [2.45, 2.75) is 19.4 Å². The second-order valence-corrected chi connectivity index (χ2v) is 5.44. The van der Waals surface area contributed by atoms with Crippen LogP contribution in [-0.2, 0) is 9.47 Å². The van der Waals surface area contributed by atoms with Crippen LogP contribution in [0.5, 0.6) is 5.75 Å². The van der Waals surface area contributed by atoms with Gasteiger partial charge < -0.3 is 24.2 Å². The number of morpholine rings is 1. The van der Waals surface area contributed by atoms with Gasteiger partial charge in [-0.25, -0.2) is 0 Å². The van der Waals surface area contributed by atoms with E-state index in [2.05, 4.69) is 0 Å². The highest BCUT2D eigenvalue weighted by molar-refractivity contribution is 5.97. The maximum absolute atomic E-state index is 12.6. The van der Waals surface area contributed by atoms with Crippen LogP contribution in [0.4, 0.5) is 0 Å². The molecule has 1 heterocycles. The molecule has 1 N–H and O–H groups in total. The highest BCUT2D eigenvalue weighted by Crippen LogP contribution is 2.20. The normalized spacial score (nSPS) is 16.2. The predicted octanol–water partition coefficient (Wildman–Crippen LogP) is 1.33. The van der Waals surface area contributed by atoms with Crippen LogP contribution in [-0.4, -0.2) is 68.1 Å². The molecule has 0 unspecified atom stereocenters. The van der Waals surface area contributed by atoms with E-state index in [-0.39, 0.29) is 19.1 Å². The van der Waals surface area contributed by atoms with Crippen molar-refractivity contribution < 1.29 is 24.1 Å². The summed E-state index contributed by atoms with van der Waals surface area (Å²) in [6.45, 7) is 5.23. The smallest absolute Gasteiger partial charge is 0.257 e. The Morgan fingerprint density at radius 3 is 2.78 bits per heavy atom. The molecule has 1 aromatic carbocycles. The van der Waals surface area contributed by atoms with Crippen LogP contribution < -0.4 is 4.74 Å². The first-order valence-corrected chi connectivity index (χ1v) is 8.07. The van der Waals surface area contributed by atoms with Crippen molar-refractivity contribution in [1.82, 2.24) is 4.90 Å². The minimum atomic E-state index is -0.715. The number of ether oxygens (including phenoxy) is 3. The summed E-state index contributed by atoms with van der Waals surface area (Å²) in [7, 11) is 0. The van der Waals surface area contributed by atoms with Gasteiger partial charge in [0.25, 0.3) is 5.91 Å². The van der Waals surface area contributed by atoms with Crippen molar-refractivity contribution in [3.8, 4) is 5.75 Å². The van der Waals surface area contributed by atoms with Crippen LogP contribution in [0.25, 0.3) is 0 Å². The SMILES string of the molecule is CCCOC[C@@H](O)COc1ccccc1C(=O)N1CCOCC1. The molecule has 2 rings (SSSR count). The van der Waals surface area contributed by atoms with Gasteiger partial charge in [-0.2, -0.15) is 0 Å². The number of amides is 1. The van der Waals surface area contributed by atoms with Crippen molar-refractivity contribution >= 4 is 5.91 Å². The molecule has 6 heteroatoms. The molecule has 0 saturated carbocycles. The summed E-state index contributed by atoms with van der Waals surface area (Å²) in [5, 5.41) is 9.85. The quantitative estimate of drug-likeness (QED) is 0.731. The number of aliphatic hydroxyl groups is 1.